The SMILES string of the molecule is COc1cc2c(cc1O)N=C[C@@H]1Cc3ccccc3N1C2=O.COc1cc2c(cc1OCc1cc(COc3cc4c(cc3C)C(=O)N3c5ccccc5C[C@H]3C=N4)cc(NC(=O)CCC(C)(C)SSC)c1)N=C[C@@H]1Cc3ccccc3N1C2=O.CSSC(C)(C)CCC(=O)Nc1cc(CO)cc(CO)c1. The third-order valence-corrected chi connectivity index (χ3v) is 24.1. The molecule has 0 fully saturated rings. The monoisotopic (exact) mass is 1490 g/mol. The minimum Gasteiger partial charge on any atom is -0.504 e. The number of anilines is 5. The number of aliphatic imine (C=N–C) groups is 3. The van der Waals surface area contributed by atoms with Crippen LogP contribution in [0.3, 0.4) is 0 Å². The van der Waals surface area contributed by atoms with Crippen LogP contribution >= 0.6 is 43.2 Å². The van der Waals surface area contributed by atoms with Gasteiger partial charge >= 0.3 is 0 Å². The minimum atomic E-state index is -0.183. The van der Waals surface area contributed by atoms with Crippen LogP contribution in [-0.2, 0) is 55.3 Å². The topological polar surface area (TPSA) is 254 Å². The molecule has 0 bridgehead atoms. The second-order valence-electron chi connectivity index (χ2n) is 27.3. The highest BCUT2D eigenvalue weighted by atomic mass is 33.1. The van der Waals surface area contributed by atoms with Crippen molar-refractivity contribution < 1.29 is 58.2 Å². The van der Waals surface area contributed by atoms with E-state index in [1.54, 1.807) is 103 Å². The van der Waals surface area contributed by atoms with Gasteiger partial charge in [-0.25, -0.2) is 0 Å². The number of phenolic OH excluding ortho intramolecular Hbond substituents is 1. The van der Waals surface area contributed by atoms with Crippen molar-refractivity contribution in [3.05, 3.63) is 207 Å². The molecule has 3 atom stereocenters. The van der Waals surface area contributed by atoms with Gasteiger partial charge in [-0.2, -0.15) is 0 Å². The number of fused-ring (bicyclic) bond motifs is 12. The number of methoxy groups -OCH3 is 2. The fourth-order valence-corrected chi connectivity index (χ4v) is 18.1. The number of aliphatic hydroxyl groups excluding tert-OH is 2. The van der Waals surface area contributed by atoms with E-state index in [4.69, 9.17) is 28.9 Å². The number of ether oxygens (including phenoxy) is 4. The number of nitrogens with one attached hydrogen (secondary N) is 2. The fraction of sp³-hybridized carbons (Fsp3) is 0.309. The van der Waals surface area contributed by atoms with Gasteiger partial charge in [0.2, 0.25) is 11.8 Å². The number of hydrogen-bond acceptors (Lipinski definition) is 19. The van der Waals surface area contributed by atoms with Gasteiger partial charge in [-0.15, -0.1) is 0 Å². The number of amides is 5. The molecule has 5 N–H and O–H groups in total. The Morgan fingerprint density at radius 2 is 0.867 bits per heavy atom. The van der Waals surface area contributed by atoms with Crippen LogP contribution in [0.5, 0.6) is 28.7 Å². The van der Waals surface area contributed by atoms with E-state index in [2.05, 4.69) is 49.4 Å². The molecule has 8 aromatic carbocycles. The molecule has 20 nitrogen and oxygen atoms in total. The standard InChI is InChI=1S/C49H47N5O6S2.C17H14N2O3.C15H23NO3S2/c1-29-16-37-39(50-25-35-20-32-10-6-8-12-41(32)53(35)47(37)56)23-43(29)59-27-30-17-31(19-34(18-30)52-46(55)14-15-49(2,3)62-61-5)28-60-45-24-40-38(22-44(45)58-4)48(57)54-36(26-51-40)21-33-11-7-9-13-42(33)54;1-22-16-7-12-13(8-15(16)20)18-9-11-6-10-4-2-3-5-14(10)19(11)17(12)21;1-15(2,21-20-3)5-4-14(19)16-13-7-11(9-17)6-12(8-13)10-18/h6-13,16-19,22-26,35-36H,14-15,20-21,27-28H2,1-5H3,(H,52,55);2-5,7-9,11,20H,6H2,1H3;6-8,17-18H,4-5,9-10H2,1-3H3,(H,16,19)/t35-,36-;11-;/m00./s1. The third-order valence-electron chi connectivity index (χ3n) is 18.8. The van der Waals surface area contributed by atoms with E-state index in [9.17, 15) is 39.3 Å². The molecule has 14 rings (SSSR count). The van der Waals surface area contributed by atoms with Crippen molar-refractivity contribution in [3.8, 4) is 28.7 Å². The molecule has 0 saturated heterocycles. The van der Waals surface area contributed by atoms with E-state index in [0.717, 1.165) is 69.7 Å². The lowest BCUT2D eigenvalue weighted by Crippen LogP contribution is -2.37. The van der Waals surface area contributed by atoms with E-state index >= 15 is 0 Å². The molecule has 0 aliphatic carbocycles. The number of aromatic hydroxyl groups is 1. The summed E-state index contributed by atoms with van der Waals surface area (Å²) < 4.78 is 23.8. The maximum absolute atomic E-state index is 14.0. The normalized spacial score (nSPS) is 16.2. The number of phenols is 1. The number of hydrogen-bond donors (Lipinski definition) is 5. The molecule has 24 heteroatoms. The van der Waals surface area contributed by atoms with Crippen molar-refractivity contribution in [2.24, 2.45) is 15.0 Å². The Balaban J connectivity index is 0.000000194. The van der Waals surface area contributed by atoms with E-state index in [0.29, 0.717) is 99.2 Å². The first-order valence-electron chi connectivity index (χ1n) is 34.5. The van der Waals surface area contributed by atoms with Crippen LogP contribution in [0.1, 0.15) is 129 Å². The van der Waals surface area contributed by atoms with Gasteiger partial charge in [0.1, 0.15) is 19.0 Å². The molecule has 0 unspecified atom stereocenters. The van der Waals surface area contributed by atoms with Gasteiger partial charge in [-0.3, -0.25) is 53.6 Å². The number of nitrogens with zero attached hydrogens (tertiary/aromatic N) is 6. The molecular formula is C81H84N8O12S4. The van der Waals surface area contributed by atoms with E-state index in [1.807, 2.05) is 134 Å². The van der Waals surface area contributed by atoms with Crippen LogP contribution in [0.4, 0.5) is 45.5 Å². The minimum absolute atomic E-state index is 0.0198. The summed E-state index contributed by atoms with van der Waals surface area (Å²) in [7, 11) is 9.92. The number of carbonyl (C=O) groups is 5. The predicted octanol–water partition coefficient (Wildman–Crippen LogP) is 16.1. The first kappa shape index (κ1) is 75.1. The summed E-state index contributed by atoms with van der Waals surface area (Å²) in [4.78, 5) is 85.6. The van der Waals surface area contributed by atoms with Crippen molar-refractivity contribution in [3.63, 3.8) is 0 Å². The average molecular weight is 1490 g/mol. The summed E-state index contributed by atoms with van der Waals surface area (Å²) in [6.07, 6.45) is 14.0. The number of aliphatic hydroxyl groups is 2. The Morgan fingerprint density at radius 3 is 1.29 bits per heavy atom. The third kappa shape index (κ3) is 17.2. The van der Waals surface area contributed by atoms with Gasteiger partial charge < -0.3 is 44.9 Å². The van der Waals surface area contributed by atoms with Crippen LogP contribution in [0.25, 0.3) is 0 Å². The van der Waals surface area contributed by atoms with E-state index < -0.39 is 0 Å². The molecule has 0 aromatic heterocycles. The van der Waals surface area contributed by atoms with Crippen LogP contribution in [0, 0.1) is 6.92 Å². The zero-order chi connectivity index (χ0) is 74.3. The molecule has 0 spiro atoms. The number of para-hydroxylation sites is 3. The van der Waals surface area contributed by atoms with Gasteiger partial charge in [-0.1, -0.05) is 104 Å². The molecule has 0 radical (unpaired) electrons. The summed E-state index contributed by atoms with van der Waals surface area (Å²) in [5.74, 6) is 1.20. The van der Waals surface area contributed by atoms with Crippen LogP contribution in [0.15, 0.2) is 161 Å². The van der Waals surface area contributed by atoms with Crippen molar-refractivity contribution in [1.29, 1.82) is 0 Å². The zero-order valence-electron chi connectivity index (χ0n) is 59.9. The second kappa shape index (κ2) is 32.8. The quantitative estimate of drug-likeness (QED) is 0.0395. The Morgan fingerprint density at radius 1 is 0.495 bits per heavy atom. The number of benzene rings is 8. The first-order chi connectivity index (χ1) is 50.6. The van der Waals surface area contributed by atoms with E-state index in [-0.39, 0.29) is 95.1 Å². The van der Waals surface area contributed by atoms with E-state index in [1.165, 1.54) is 13.2 Å². The molecule has 6 aliphatic rings. The van der Waals surface area contributed by atoms with Crippen molar-refractivity contribution in [2.75, 3.05) is 52.1 Å². The fourth-order valence-electron chi connectivity index (χ4n) is 13.6. The van der Waals surface area contributed by atoms with Crippen LogP contribution in [-0.4, -0.2) is 118 Å². The van der Waals surface area contributed by atoms with Gasteiger partial charge in [0.15, 0.2) is 23.0 Å². The average Bonchev–Trinajstić information content (AvgIpc) is 1.62. The largest absolute Gasteiger partial charge is 0.504 e. The zero-order valence-corrected chi connectivity index (χ0v) is 63.2. The second-order valence-corrected chi connectivity index (χ2v) is 33.6. The first-order valence-corrected chi connectivity index (χ1v) is 39.6. The lowest BCUT2D eigenvalue weighted by molar-refractivity contribution is -0.117. The highest BCUT2D eigenvalue weighted by molar-refractivity contribution is 8.77. The Labute approximate surface area is 627 Å². The number of carbonyl (C=O) groups excluding carboxylic acids is 5. The Bertz CT molecular complexity index is 4730. The summed E-state index contributed by atoms with van der Waals surface area (Å²) in [6.45, 7) is 10.5. The molecule has 6 heterocycles. The lowest BCUT2D eigenvalue weighted by Gasteiger charge is -2.22. The van der Waals surface area contributed by atoms with Gasteiger partial charge in [0, 0.05) is 107 Å². The summed E-state index contributed by atoms with van der Waals surface area (Å²) in [6, 6.07) is 44.5. The highest BCUT2D eigenvalue weighted by Gasteiger charge is 2.40. The summed E-state index contributed by atoms with van der Waals surface area (Å²) in [5.41, 5.74) is 14.0. The van der Waals surface area contributed by atoms with Crippen LogP contribution < -0.4 is 44.3 Å². The van der Waals surface area contributed by atoms with Gasteiger partial charge in [0.25, 0.3) is 17.7 Å². The maximum atomic E-state index is 14.0. The Hall–Kier alpha value is -9.56. The number of rotatable bonds is 22. The molecule has 5 amide bonds. The lowest BCUT2D eigenvalue weighted by atomic mass is 10.1. The molecule has 0 saturated carbocycles. The Kier molecular flexibility index (Phi) is 23.5. The maximum Gasteiger partial charge on any atom is 0.261 e. The smallest absolute Gasteiger partial charge is 0.261 e. The molecule has 105 heavy (non-hydrogen) atoms. The van der Waals surface area contributed by atoms with Crippen molar-refractivity contribution in [1.82, 2.24) is 0 Å². The van der Waals surface area contributed by atoms with Gasteiger partial charge in [0.05, 0.1) is 79.3 Å². The molecule has 8 aromatic rings. The van der Waals surface area contributed by atoms with Gasteiger partial charge in [-0.05, 0) is 171 Å². The summed E-state index contributed by atoms with van der Waals surface area (Å²) in [5, 5.41) is 34.2. The predicted molar refractivity (Wildman–Crippen MR) is 425 cm³/mol. The molecule has 544 valence electrons. The highest BCUT2D eigenvalue weighted by Crippen LogP contribution is 2.45. The molecule has 6 aliphatic heterocycles. The molecular weight excluding hydrogens is 1410 g/mol. The summed E-state index contributed by atoms with van der Waals surface area (Å²) >= 11 is 0. The number of aryl methyl sites for hydroxylation is 1. The van der Waals surface area contributed by atoms with Crippen LogP contribution in [0.2, 0.25) is 0 Å². The van der Waals surface area contributed by atoms with Crippen molar-refractivity contribution >= 4 is 137 Å². The van der Waals surface area contributed by atoms with Crippen molar-refractivity contribution in [2.45, 2.75) is 134 Å².